The van der Waals surface area contributed by atoms with Crippen LogP contribution in [0.3, 0.4) is 0 Å². The Morgan fingerprint density at radius 3 is 1.31 bits per heavy atom. The Kier molecular flexibility index (Phi) is 25.1. The van der Waals surface area contributed by atoms with Crippen molar-refractivity contribution < 1.29 is 34.2 Å². The summed E-state index contributed by atoms with van der Waals surface area (Å²) in [5.41, 5.74) is 0. The number of rotatable bonds is 30. The summed E-state index contributed by atoms with van der Waals surface area (Å²) < 4.78 is 0.607. The van der Waals surface area contributed by atoms with Crippen molar-refractivity contribution in [2.24, 2.45) is 0 Å². The zero-order valence-corrected chi connectivity index (χ0v) is 25.0. The minimum absolute atomic E-state index is 0.0233. The number of carbonyl (C=O) groups excluding carboxylic acids is 1. The number of carbonyl (C=O) groups is 3. The van der Waals surface area contributed by atoms with Crippen molar-refractivity contribution in [3.63, 3.8) is 0 Å². The zero-order valence-electron chi connectivity index (χ0n) is 25.0. The summed E-state index contributed by atoms with van der Waals surface area (Å²) in [6.45, 7) is 5.00. The number of aliphatic carboxylic acids is 3. The van der Waals surface area contributed by atoms with Crippen molar-refractivity contribution in [3.05, 3.63) is 12.2 Å². The molecule has 0 bridgehead atoms. The van der Waals surface area contributed by atoms with E-state index in [9.17, 15) is 19.5 Å². The summed E-state index contributed by atoms with van der Waals surface area (Å²) in [5.74, 6) is -2.75. The van der Waals surface area contributed by atoms with Crippen molar-refractivity contribution >= 4 is 17.9 Å². The molecule has 0 aliphatic carbocycles. The van der Waals surface area contributed by atoms with E-state index in [2.05, 4.69) is 19.1 Å². The summed E-state index contributed by atoms with van der Waals surface area (Å²) >= 11 is 0. The third kappa shape index (κ3) is 26.1. The van der Waals surface area contributed by atoms with E-state index in [0.29, 0.717) is 43.4 Å². The molecule has 0 saturated heterocycles. The average molecular weight is 554 g/mol. The molecule has 39 heavy (non-hydrogen) atoms. The number of nitrogens with zero attached hydrogens (tertiary/aromatic N) is 1. The lowest BCUT2D eigenvalue weighted by atomic mass is 10.1. The molecule has 0 aromatic rings. The maximum absolute atomic E-state index is 11.1. The number of quaternary nitrogens is 1. The van der Waals surface area contributed by atoms with E-state index in [4.69, 9.17) is 10.2 Å². The van der Waals surface area contributed by atoms with Crippen molar-refractivity contribution in [3.8, 4) is 0 Å². The lowest BCUT2D eigenvalue weighted by Gasteiger charge is -2.39. The molecule has 7 heteroatoms. The van der Waals surface area contributed by atoms with Crippen LogP contribution in [-0.4, -0.2) is 58.8 Å². The van der Waals surface area contributed by atoms with Crippen LogP contribution in [0.4, 0.5) is 0 Å². The molecule has 0 heterocycles. The molecule has 0 unspecified atom stereocenters. The fourth-order valence-electron chi connectivity index (χ4n) is 5.41. The molecule has 0 rings (SSSR count). The maximum atomic E-state index is 11.1. The van der Waals surface area contributed by atoms with E-state index in [1.807, 2.05) is 0 Å². The fourth-order valence-corrected chi connectivity index (χ4v) is 5.41. The number of hydrogen-bond acceptors (Lipinski definition) is 4. The van der Waals surface area contributed by atoms with Gasteiger partial charge in [0.2, 0.25) is 0 Å². The first-order chi connectivity index (χ1) is 18.8. The zero-order chi connectivity index (χ0) is 29.0. The molecule has 0 aromatic heterocycles. The van der Waals surface area contributed by atoms with Gasteiger partial charge < -0.3 is 24.6 Å². The highest BCUT2D eigenvalue weighted by Gasteiger charge is 2.26. The average Bonchev–Trinajstić information content (AvgIpc) is 2.87. The Balaban J connectivity index is 4.22. The summed E-state index contributed by atoms with van der Waals surface area (Å²) in [4.78, 5) is 33.0. The minimum atomic E-state index is -1.08. The second-order valence-corrected chi connectivity index (χ2v) is 11.4. The topological polar surface area (TPSA) is 115 Å². The lowest BCUT2D eigenvalue weighted by Crippen LogP contribution is -2.51. The number of hydrogen-bond donors (Lipinski definition) is 2. The Morgan fingerprint density at radius 1 is 0.538 bits per heavy atom. The van der Waals surface area contributed by atoms with Crippen molar-refractivity contribution in [2.45, 2.75) is 148 Å². The first-order valence-electron chi connectivity index (χ1n) is 15.9. The van der Waals surface area contributed by atoms with Gasteiger partial charge >= 0.3 is 11.9 Å². The quantitative estimate of drug-likeness (QED) is 0.0569. The molecule has 0 aliphatic heterocycles. The molecule has 7 nitrogen and oxygen atoms in total. The van der Waals surface area contributed by atoms with Crippen LogP contribution in [0.1, 0.15) is 148 Å². The Morgan fingerprint density at radius 2 is 0.897 bits per heavy atom. The van der Waals surface area contributed by atoms with E-state index >= 15 is 0 Å². The van der Waals surface area contributed by atoms with Crippen LogP contribution >= 0.6 is 0 Å². The monoisotopic (exact) mass is 553 g/mol. The molecule has 2 N–H and O–H groups in total. The molecule has 0 spiro atoms. The Labute approximate surface area is 238 Å². The van der Waals surface area contributed by atoms with Gasteiger partial charge in [0.25, 0.3) is 0 Å². The highest BCUT2D eigenvalue weighted by atomic mass is 16.4. The molecule has 0 atom stereocenters. The van der Waals surface area contributed by atoms with E-state index < -0.39 is 17.9 Å². The van der Waals surface area contributed by atoms with Gasteiger partial charge in [0, 0.05) is 25.2 Å². The fraction of sp³-hybridized carbons (Fsp3) is 0.844. The molecule has 0 aliphatic rings. The lowest BCUT2D eigenvalue weighted by molar-refractivity contribution is -0.929. The maximum Gasteiger partial charge on any atom is 0.303 e. The van der Waals surface area contributed by atoms with Gasteiger partial charge in [-0.2, -0.15) is 0 Å². The Bertz CT molecular complexity index is 598. The second kappa shape index (κ2) is 26.3. The predicted molar refractivity (Wildman–Crippen MR) is 156 cm³/mol. The second-order valence-electron chi connectivity index (χ2n) is 11.4. The van der Waals surface area contributed by atoms with Gasteiger partial charge in [-0.25, -0.2) is 0 Å². The van der Waals surface area contributed by atoms with Crippen LogP contribution in [0.15, 0.2) is 12.2 Å². The van der Waals surface area contributed by atoms with E-state index in [1.165, 1.54) is 77.0 Å². The van der Waals surface area contributed by atoms with Crippen molar-refractivity contribution in [1.29, 1.82) is 0 Å². The van der Waals surface area contributed by atoms with Gasteiger partial charge in [0.15, 0.2) is 0 Å². The van der Waals surface area contributed by atoms with Crippen LogP contribution in [0, 0.1) is 0 Å². The summed E-state index contributed by atoms with van der Waals surface area (Å²) in [6, 6.07) is 0. The van der Waals surface area contributed by atoms with E-state index in [1.54, 1.807) is 0 Å². The molecule has 0 fully saturated rings. The van der Waals surface area contributed by atoms with Gasteiger partial charge in [-0.15, -0.1) is 0 Å². The summed E-state index contributed by atoms with van der Waals surface area (Å²) in [7, 11) is 0. The smallest absolute Gasteiger partial charge is 0.303 e. The van der Waals surface area contributed by atoms with Crippen LogP contribution in [0.25, 0.3) is 0 Å². The van der Waals surface area contributed by atoms with Crippen LogP contribution in [-0.2, 0) is 14.4 Å². The number of allylic oxidation sites excluding steroid dienone is 2. The first kappa shape index (κ1) is 37.1. The highest BCUT2D eigenvalue weighted by molar-refractivity contribution is 5.66. The molecule has 0 saturated carbocycles. The van der Waals surface area contributed by atoms with Gasteiger partial charge in [-0.05, 0) is 44.9 Å². The van der Waals surface area contributed by atoms with Gasteiger partial charge in [-0.3, -0.25) is 9.59 Å². The molecular weight excluding hydrogens is 494 g/mol. The molecular formula is C32H59NO6. The largest absolute Gasteiger partial charge is 0.550 e. The first-order valence-corrected chi connectivity index (χ1v) is 15.9. The van der Waals surface area contributed by atoms with E-state index in [0.717, 1.165) is 32.2 Å². The normalized spacial score (nSPS) is 11.8. The SMILES string of the molecule is CCCCCCCCCCC/C=C\CCCCCCC[N+](CCCC(=O)[O-])(CCCC(=O)O)CCCC(=O)O. The minimum Gasteiger partial charge on any atom is -0.550 e. The number of carboxylic acids is 3. The molecule has 0 radical (unpaired) electrons. The van der Waals surface area contributed by atoms with Crippen LogP contribution < -0.4 is 5.11 Å². The number of carboxylic acid groups (broad SMARTS) is 3. The summed E-state index contributed by atoms with van der Waals surface area (Å²) in [5, 5.41) is 29.1. The van der Waals surface area contributed by atoms with Crippen molar-refractivity contribution in [1.82, 2.24) is 0 Å². The van der Waals surface area contributed by atoms with Crippen LogP contribution in [0.5, 0.6) is 0 Å². The third-order valence-corrected chi connectivity index (χ3v) is 7.70. The molecule has 0 aromatic carbocycles. The van der Waals surface area contributed by atoms with Gasteiger partial charge in [0.05, 0.1) is 39.0 Å². The predicted octanol–water partition coefficient (Wildman–Crippen LogP) is 6.88. The van der Waals surface area contributed by atoms with Gasteiger partial charge in [-0.1, -0.05) is 83.3 Å². The molecule has 228 valence electrons. The third-order valence-electron chi connectivity index (χ3n) is 7.70. The highest BCUT2D eigenvalue weighted by Crippen LogP contribution is 2.18. The summed E-state index contributed by atoms with van der Waals surface area (Å²) in [6.07, 6.45) is 26.5. The Hall–Kier alpha value is -1.89. The van der Waals surface area contributed by atoms with Gasteiger partial charge in [0.1, 0.15) is 0 Å². The van der Waals surface area contributed by atoms with E-state index in [-0.39, 0.29) is 19.3 Å². The number of unbranched alkanes of at least 4 members (excludes halogenated alkanes) is 14. The van der Waals surface area contributed by atoms with Crippen LogP contribution in [0.2, 0.25) is 0 Å². The standard InChI is InChI=1S/C32H59NO6/c1-2-3-4-5-6-7-8-9-10-11-12-13-14-15-16-17-18-19-26-33(27-20-23-30(34)35,28-21-24-31(36)37)29-22-25-32(38)39/h12-13H,2-11,14-29H2,1H3,(H2-,34,35,36,37,38,39)/b13-12-. The van der Waals surface area contributed by atoms with Crippen molar-refractivity contribution in [2.75, 3.05) is 26.2 Å². The molecule has 0 amide bonds.